The third kappa shape index (κ3) is 3.56. The second kappa shape index (κ2) is 6.38. The van der Waals surface area contributed by atoms with E-state index in [-0.39, 0.29) is 0 Å². The molecule has 84 valence electrons. The highest BCUT2D eigenvalue weighted by atomic mass is 16.5. The summed E-state index contributed by atoms with van der Waals surface area (Å²) >= 11 is 0. The van der Waals surface area contributed by atoms with Crippen molar-refractivity contribution in [2.75, 3.05) is 27.4 Å². The van der Waals surface area contributed by atoms with E-state index < -0.39 is 0 Å². The van der Waals surface area contributed by atoms with Crippen molar-refractivity contribution in [3.63, 3.8) is 0 Å². The first-order valence-electron chi connectivity index (χ1n) is 5.55. The quantitative estimate of drug-likeness (QED) is 0.683. The van der Waals surface area contributed by atoms with Crippen LogP contribution in [0.15, 0.2) is 0 Å². The third-order valence-corrected chi connectivity index (χ3v) is 3.04. The largest absolute Gasteiger partial charge is 0.382 e. The normalized spacial score (nSPS) is 33.2. The average Bonchev–Trinajstić information content (AvgIpc) is 2.19. The maximum atomic E-state index is 5.81. The molecule has 1 aliphatic carbocycles. The minimum absolute atomic E-state index is 0.374. The van der Waals surface area contributed by atoms with Gasteiger partial charge in [-0.1, -0.05) is 6.92 Å². The molecule has 0 bridgehead atoms. The van der Waals surface area contributed by atoms with Crippen LogP contribution in [-0.4, -0.2) is 39.5 Å². The first-order chi connectivity index (χ1) is 6.77. The maximum absolute atomic E-state index is 5.81. The van der Waals surface area contributed by atoms with E-state index in [1.54, 1.807) is 7.11 Å². The summed E-state index contributed by atoms with van der Waals surface area (Å²) < 4.78 is 10.8. The number of nitrogens with one attached hydrogen (secondary N) is 1. The standard InChI is InChI=1S/C11H23NO2/c1-9-4-5-10(12-2)11(8-9)14-7-6-13-3/h9-12H,4-8H2,1-3H3. The molecule has 3 heteroatoms. The van der Waals surface area contributed by atoms with E-state index in [0.29, 0.717) is 25.4 Å². The van der Waals surface area contributed by atoms with Crippen LogP contribution in [0.4, 0.5) is 0 Å². The second-order valence-corrected chi connectivity index (χ2v) is 4.22. The SMILES string of the molecule is CNC1CCC(C)CC1OCCOC. The molecule has 1 aliphatic rings. The second-order valence-electron chi connectivity index (χ2n) is 4.22. The van der Waals surface area contributed by atoms with Crippen molar-refractivity contribution in [3.05, 3.63) is 0 Å². The van der Waals surface area contributed by atoms with E-state index in [1.165, 1.54) is 19.3 Å². The molecule has 1 N–H and O–H groups in total. The van der Waals surface area contributed by atoms with Gasteiger partial charge in [-0.2, -0.15) is 0 Å². The van der Waals surface area contributed by atoms with Crippen LogP contribution < -0.4 is 5.32 Å². The van der Waals surface area contributed by atoms with Gasteiger partial charge in [0.25, 0.3) is 0 Å². The van der Waals surface area contributed by atoms with Gasteiger partial charge in [0, 0.05) is 13.2 Å². The number of methoxy groups -OCH3 is 1. The predicted octanol–water partition coefficient (Wildman–Crippen LogP) is 1.43. The number of rotatable bonds is 5. The Morgan fingerprint density at radius 2 is 2.07 bits per heavy atom. The van der Waals surface area contributed by atoms with Crippen molar-refractivity contribution >= 4 is 0 Å². The highest BCUT2D eigenvalue weighted by molar-refractivity contribution is 4.83. The van der Waals surface area contributed by atoms with Crippen LogP contribution in [-0.2, 0) is 9.47 Å². The van der Waals surface area contributed by atoms with Crippen LogP contribution in [0.25, 0.3) is 0 Å². The van der Waals surface area contributed by atoms with Gasteiger partial charge < -0.3 is 14.8 Å². The molecule has 0 aromatic rings. The summed E-state index contributed by atoms with van der Waals surface area (Å²) in [6.45, 7) is 3.71. The van der Waals surface area contributed by atoms with Gasteiger partial charge in [0.15, 0.2) is 0 Å². The van der Waals surface area contributed by atoms with Crippen molar-refractivity contribution in [2.24, 2.45) is 5.92 Å². The Balaban J connectivity index is 2.29. The van der Waals surface area contributed by atoms with Crippen LogP contribution in [0.5, 0.6) is 0 Å². The zero-order valence-corrected chi connectivity index (χ0v) is 9.58. The van der Waals surface area contributed by atoms with Gasteiger partial charge in [0.2, 0.25) is 0 Å². The fraction of sp³-hybridized carbons (Fsp3) is 1.00. The van der Waals surface area contributed by atoms with Gasteiger partial charge in [-0.15, -0.1) is 0 Å². The number of ether oxygens (including phenoxy) is 2. The fourth-order valence-electron chi connectivity index (χ4n) is 2.13. The molecule has 0 amide bonds. The topological polar surface area (TPSA) is 30.5 Å². The summed E-state index contributed by atoms with van der Waals surface area (Å²) in [5.74, 6) is 0.798. The van der Waals surface area contributed by atoms with E-state index >= 15 is 0 Å². The summed E-state index contributed by atoms with van der Waals surface area (Å²) in [5, 5.41) is 3.34. The van der Waals surface area contributed by atoms with E-state index in [9.17, 15) is 0 Å². The van der Waals surface area contributed by atoms with Crippen molar-refractivity contribution in [2.45, 2.75) is 38.3 Å². The Bertz CT molecular complexity index is 152. The number of hydrogen-bond donors (Lipinski definition) is 1. The first-order valence-corrected chi connectivity index (χ1v) is 5.55. The summed E-state index contributed by atoms with van der Waals surface area (Å²) in [6, 6.07) is 0.531. The van der Waals surface area contributed by atoms with Gasteiger partial charge >= 0.3 is 0 Å². The van der Waals surface area contributed by atoms with E-state index in [1.807, 2.05) is 7.05 Å². The van der Waals surface area contributed by atoms with Crippen molar-refractivity contribution < 1.29 is 9.47 Å². The lowest BCUT2D eigenvalue weighted by Crippen LogP contribution is -2.44. The van der Waals surface area contributed by atoms with Crippen molar-refractivity contribution in [3.8, 4) is 0 Å². The predicted molar refractivity (Wildman–Crippen MR) is 57.5 cm³/mol. The Morgan fingerprint density at radius 3 is 2.71 bits per heavy atom. The summed E-state index contributed by atoms with van der Waals surface area (Å²) in [4.78, 5) is 0. The maximum Gasteiger partial charge on any atom is 0.0731 e. The molecule has 1 saturated carbocycles. The monoisotopic (exact) mass is 201 g/mol. The van der Waals surface area contributed by atoms with Gasteiger partial charge in [0.1, 0.15) is 0 Å². The molecule has 1 fully saturated rings. The van der Waals surface area contributed by atoms with Crippen LogP contribution >= 0.6 is 0 Å². The van der Waals surface area contributed by atoms with Crippen LogP contribution in [0.2, 0.25) is 0 Å². The van der Waals surface area contributed by atoms with E-state index in [2.05, 4.69) is 12.2 Å². The first kappa shape index (κ1) is 12.0. The Morgan fingerprint density at radius 1 is 1.29 bits per heavy atom. The third-order valence-electron chi connectivity index (χ3n) is 3.04. The van der Waals surface area contributed by atoms with E-state index in [4.69, 9.17) is 9.47 Å². The lowest BCUT2D eigenvalue weighted by atomic mass is 9.85. The van der Waals surface area contributed by atoms with Gasteiger partial charge in [-0.05, 0) is 32.2 Å². The number of hydrogen-bond acceptors (Lipinski definition) is 3. The summed E-state index contributed by atoms with van der Waals surface area (Å²) in [6.07, 6.45) is 4.10. The van der Waals surface area contributed by atoms with Crippen molar-refractivity contribution in [1.29, 1.82) is 0 Å². The lowest BCUT2D eigenvalue weighted by molar-refractivity contribution is -0.0261. The molecule has 0 aliphatic heterocycles. The smallest absolute Gasteiger partial charge is 0.0731 e. The minimum Gasteiger partial charge on any atom is -0.382 e. The number of likely N-dealkylation sites (N-methyl/N-ethyl adjacent to an activating group) is 1. The van der Waals surface area contributed by atoms with Crippen LogP contribution in [0, 0.1) is 5.92 Å². The zero-order chi connectivity index (χ0) is 10.4. The van der Waals surface area contributed by atoms with Crippen molar-refractivity contribution in [1.82, 2.24) is 5.32 Å². The molecular weight excluding hydrogens is 178 g/mol. The van der Waals surface area contributed by atoms with Gasteiger partial charge in [-0.3, -0.25) is 0 Å². The fourth-order valence-corrected chi connectivity index (χ4v) is 2.13. The Labute approximate surface area is 87.2 Å². The summed E-state index contributed by atoms with van der Waals surface area (Å²) in [5.41, 5.74) is 0. The molecule has 0 aromatic carbocycles. The molecule has 3 atom stereocenters. The average molecular weight is 201 g/mol. The highest BCUT2D eigenvalue weighted by Gasteiger charge is 2.27. The molecule has 1 rings (SSSR count). The van der Waals surface area contributed by atoms with Crippen LogP contribution in [0.1, 0.15) is 26.2 Å². The molecule has 3 nitrogen and oxygen atoms in total. The molecule has 0 radical (unpaired) electrons. The zero-order valence-electron chi connectivity index (χ0n) is 9.58. The summed E-state index contributed by atoms with van der Waals surface area (Å²) in [7, 11) is 3.73. The molecule has 0 heterocycles. The molecule has 3 unspecified atom stereocenters. The lowest BCUT2D eigenvalue weighted by Gasteiger charge is -2.34. The molecule has 0 spiro atoms. The Hall–Kier alpha value is -0.120. The molecule has 14 heavy (non-hydrogen) atoms. The van der Waals surface area contributed by atoms with E-state index in [0.717, 1.165) is 5.92 Å². The Kier molecular flexibility index (Phi) is 5.45. The van der Waals surface area contributed by atoms with Crippen LogP contribution in [0.3, 0.4) is 0 Å². The van der Waals surface area contributed by atoms with Gasteiger partial charge in [-0.25, -0.2) is 0 Å². The van der Waals surface area contributed by atoms with Gasteiger partial charge in [0.05, 0.1) is 19.3 Å². The molecule has 0 aromatic heterocycles. The molecule has 0 saturated heterocycles. The minimum atomic E-state index is 0.374. The highest BCUT2D eigenvalue weighted by Crippen LogP contribution is 2.25. The molecular formula is C11H23NO2.